The van der Waals surface area contributed by atoms with Crippen LogP contribution in [0.15, 0.2) is 0 Å². The van der Waals surface area contributed by atoms with Crippen LogP contribution in [0.25, 0.3) is 0 Å². The first-order valence-corrected chi connectivity index (χ1v) is 5.27. The molecule has 2 nitrogen and oxygen atoms in total. The molecule has 0 radical (unpaired) electrons. The molecule has 0 amide bonds. The third kappa shape index (κ3) is 1.64. The van der Waals surface area contributed by atoms with Gasteiger partial charge in [-0.3, -0.25) is 0 Å². The Morgan fingerprint density at radius 3 is 2.42 bits per heavy atom. The van der Waals surface area contributed by atoms with Crippen LogP contribution in [0.5, 0.6) is 0 Å². The van der Waals surface area contributed by atoms with Crippen molar-refractivity contribution >= 4 is 0 Å². The van der Waals surface area contributed by atoms with Crippen LogP contribution in [0.3, 0.4) is 0 Å². The summed E-state index contributed by atoms with van der Waals surface area (Å²) in [5.74, 6) is 0.547. The fourth-order valence-corrected chi connectivity index (χ4v) is 2.35. The van der Waals surface area contributed by atoms with Crippen LogP contribution in [-0.2, 0) is 0 Å². The molecule has 2 aliphatic rings. The summed E-state index contributed by atoms with van der Waals surface area (Å²) in [5, 5.41) is 12.8. The second kappa shape index (κ2) is 3.75. The molecule has 0 heterocycles. The summed E-state index contributed by atoms with van der Waals surface area (Å²) < 4.78 is 0. The molecule has 0 aromatic rings. The van der Waals surface area contributed by atoms with E-state index in [4.69, 9.17) is 5.11 Å². The van der Waals surface area contributed by atoms with E-state index in [0.717, 1.165) is 6.04 Å². The summed E-state index contributed by atoms with van der Waals surface area (Å²) in [6, 6.07) is 1.41. The molecule has 0 aromatic carbocycles. The molecule has 2 saturated carbocycles. The molecule has 0 bridgehead atoms. The molecule has 12 heavy (non-hydrogen) atoms. The van der Waals surface area contributed by atoms with E-state index >= 15 is 0 Å². The van der Waals surface area contributed by atoms with E-state index in [1.165, 1.54) is 38.5 Å². The summed E-state index contributed by atoms with van der Waals surface area (Å²) >= 11 is 0. The lowest BCUT2D eigenvalue weighted by Crippen LogP contribution is -2.44. The second-order valence-electron chi connectivity index (χ2n) is 4.27. The van der Waals surface area contributed by atoms with Gasteiger partial charge in [0.1, 0.15) is 0 Å². The van der Waals surface area contributed by atoms with Crippen molar-refractivity contribution in [2.24, 2.45) is 5.92 Å². The SMILES string of the molecule is OCC1CCCC1NC1CCC1. The van der Waals surface area contributed by atoms with E-state index < -0.39 is 0 Å². The van der Waals surface area contributed by atoms with Crippen molar-refractivity contribution in [1.29, 1.82) is 0 Å². The summed E-state index contributed by atoms with van der Waals surface area (Å²) in [5.41, 5.74) is 0. The quantitative estimate of drug-likeness (QED) is 0.667. The number of nitrogens with one attached hydrogen (secondary N) is 1. The molecule has 0 saturated heterocycles. The fourth-order valence-electron chi connectivity index (χ4n) is 2.35. The van der Waals surface area contributed by atoms with Gasteiger partial charge in [-0.15, -0.1) is 0 Å². The van der Waals surface area contributed by atoms with E-state index in [1.54, 1.807) is 0 Å². The van der Waals surface area contributed by atoms with Gasteiger partial charge in [0.05, 0.1) is 0 Å². The van der Waals surface area contributed by atoms with Crippen molar-refractivity contribution in [3.05, 3.63) is 0 Å². The summed E-state index contributed by atoms with van der Waals surface area (Å²) in [7, 11) is 0. The zero-order chi connectivity index (χ0) is 8.39. The standard InChI is InChI=1S/C10H19NO/c12-7-8-3-1-6-10(8)11-9-4-2-5-9/h8-12H,1-7H2. The molecule has 0 spiro atoms. The Balaban J connectivity index is 1.77. The molecule has 2 atom stereocenters. The van der Waals surface area contributed by atoms with Crippen molar-refractivity contribution in [3.8, 4) is 0 Å². The van der Waals surface area contributed by atoms with Gasteiger partial charge >= 0.3 is 0 Å². The maximum absolute atomic E-state index is 9.10. The normalized spacial score (nSPS) is 36.8. The highest BCUT2D eigenvalue weighted by atomic mass is 16.3. The van der Waals surface area contributed by atoms with Gasteiger partial charge in [0.15, 0.2) is 0 Å². The molecular weight excluding hydrogens is 150 g/mol. The van der Waals surface area contributed by atoms with E-state index in [2.05, 4.69) is 5.32 Å². The minimum Gasteiger partial charge on any atom is -0.396 e. The van der Waals surface area contributed by atoms with Gasteiger partial charge in [-0.25, -0.2) is 0 Å². The zero-order valence-corrected chi connectivity index (χ0v) is 7.63. The maximum atomic E-state index is 9.10. The highest BCUT2D eigenvalue weighted by molar-refractivity contribution is 4.88. The van der Waals surface area contributed by atoms with Gasteiger partial charge in [0, 0.05) is 18.7 Å². The first-order chi connectivity index (χ1) is 5.90. The molecule has 2 heteroatoms. The van der Waals surface area contributed by atoms with Gasteiger partial charge in [-0.05, 0) is 31.6 Å². The van der Waals surface area contributed by atoms with Crippen molar-refractivity contribution in [1.82, 2.24) is 5.32 Å². The molecule has 70 valence electrons. The Hall–Kier alpha value is -0.0800. The summed E-state index contributed by atoms with van der Waals surface area (Å²) in [4.78, 5) is 0. The van der Waals surface area contributed by atoms with E-state index in [1.807, 2.05) is 0 Å². The average Bonchev–Trinajstić information content (AvgIpc) is 2.43. The lowest BCUT2D eigenvalue weighted by Gasteiger charge is -2.32. The van der Waals surface area contributed by atoms with Crippen LogP contribution in [0, 0.1) is 5.92 Å². The molecular formula is C10H19NO. The second-order valence-corrected chi connectivity index (χ2v) is 4.27. The topological polar surface area (TPSA) is 32.3 Å². The maximum Gasteiger partial charge on any atom is 0.0474 e. The molecule has 2 unspecified atom stereocenters. The average molecular weight is 169 g/mol. The van der Waals surface area contributed by atoms with Crippen LogP contribution >= 0.6 is 0 Å². The smallest absolute Gasteiger partial charge is 0.0474 e. The summed E-state index contributed by atoms with van der Waals surface area (Å²) in [6.07, 6.45) is 7.91. The predicted molar refractivity (Wildman–Crippen MR) is 49.0 cm³/mol. The van der Waals surface area contributed by atoms with Crippen molar-refractivity contribution in [3.63, 3.8) is 0 Å². The monoisotopic (exact) mass is 169 g/mol. The minimum absolute atomic E-state index is 0.379. The van der Waals surface area contributed by atoms with E-state index in [-0.39, 0.29) is 0 Å². The molecule has 2 aliphatic carbocycles. The van der Waals surface area contributed by atoms with Gasteiger partial charge in [0.25, 0.3) is 0 Å². The molecule has 0 aromatic heterocycles. The van der Waals surface area contributed by atoms with Gasteiger partial charge < -0.3 is 10.4 Å². The molecule has 2 rings (SSSR count). The van der Waals surface area contributed by atoms with Crippen LogP contribution in [0.2, 0.25) is 0 Å². The molecule has 2 N–H and O–H groups in total. The Bertz CT molecular complexity index is 145. The van der Waals surface area contributed by atoms with Crippen LogP contribution in [0.1, 0.15) is 38.5 Å². The Labute approximate surface area is 74.4 Å². The minimum atomic E-state index is 0.379. The zero-order valence-electron chi connectivity index (χ0n) is 7.63. The predicted octanol–water partition coefficient (Wildman–Crippen LogP) is 1.29. The fraction of sp³-hybridized carbons (Fsp3) is 1.00. The van der Waals surface area contributed by atoms with Crippen molar-refractivity contribution < 1.29 is 5.11 Å². The number of rotatable bonds is 3. The third-order valence-electron chi connectivity index (χ3n) is 3.45. The van der Waals surface area contributed by atoms with Crippen molar-refractivity contribution in [2.75, 3.05) is 6.61 Å². The third-order valence-corrected chi connectivity index (χ3v) is 3.45. The van der Waals surface area contributed by atoms with E-state index in [0.29, 0.717) is 18.6 Å². The van der Waals surface area contributed by atoms with Crippen LogP contribution in [0.4, 0.5) is 0 Å². The first-order valence-electron chi connectivity index (χ1n) is 5.27. The van der Waals surface area contributed by atoms with Gasteiger partial charge in [-0.2, -0.15) is 0 Å². The number of aliphatic hydroxyl groups excluding tert-OH is 1. The lowest BCUT2D eigenvalue weighted by atomic mass is 9.91. The highest BCUT2D eigenvalue weighted by Crippen LogP contribution is 2.28. The lowest BCUT2D eigenvalue weighted by molar-refractivity contribution is 0.186. The van der Waals surface area contributed by atoms with E-state index in [9.17, 15) is 0 Å². The summed E-state index contributed by atoms with van der Waals surface area (Å²) in [6.45, 7) is 0.379. The number of hydrogen-bond donors (Lipinski definition) is 2. The van der Waals surface area contributed by atoms with Gasteiger partial charge in [-0.1, -0.05) is 12.8 Å². The van der Waals surface area contributed by atoms with Gasteiger partial charge in [0.2, 0.25) is 0 Å². The van der Waals surface area contributed by atoms with Crippen LogP contribution in [-0.4, -0.2) is 23.8 Å². The van der Waals surface area contributed by atoms with Crippen LogP contribution < -0.4 is 5.32 Å². The highest BCUT2D eigenvalue weighted by Gasteiger charge is 2.29. The Morgan fingerprint density at radius 2 is 1.83 bits per heavy atom. The first kappa shape index (κ1) is 8.52. The Kier molecular flexibility index (Phi) is 2.66. The molecule has 0 aliphatic heterocycles. The largest absolute Gasteiger partial charge is 0.396 e. The number of hydrogen-bond acceptors (Lipinski definition) is 2. The Morgan fingerprint density at radius 1 is 1.08 bits per heavy atom. The number of aliphatic hydroxyl groups is 1. The molecule has 2 fully saturated rings. The van der Waals surface area contributed by atoms with Crippen molar-refractivity contribution in [2.45, 2.75) is 50.6 Å².